The summed E-state index contributed by atoms with van der Waals surface area (Å²) < 4.78 is 5.38. The van der Waals surface area contributed by atoms with Crippen molar-refractivity contribution in [2.45, 2.75) is 33.1 Å². The van der Waals surface area contributed by atoms with Crippen LogP contribution in [0.2, 0.25) is 5.02 Å². The number of anilines is 1. The van der Waals surface area contributed by atoms with Crippen LogP contribution in [0.5, 0.6) is 5.75 Å². The van der Waals surface area contributed by atoms with Crippen molar-refractivity contribution in [1.29, 1.82) is 0 Å². The van der Waals surface area contributed by atoms with Gasteiger partial charge in [0.15, 0.2) is 5.11 Å². The Kier molecular flexibility index (Phi) is 7.42. The zero-order chi connectivity index (χ0) is 19.1. The van der Waals surface area contributed by atoms with E-state index < -0.39 is 0 Å². The molecule has 0 aromatic heterocycles. The zero-order valence-corrected chi connectivity index (χ0v) is 16.7. The van der Waals surface area contributed by atoms with Crippen LogP contribution in [0.1, 0.15) is 49.0 Å². The Morgan fingerprint density at radius 3 is 2.62 bits per heavy atom. The van der Waals surface area contributed by atoms with E-state index in [1.807, 2.05) is 25.1 Å². The molecule has 0 aliphatic heterocycles. The van der Waals surface area contributed by atoms with Gasteiger partial charge in [-0.1, -0.05) is 43.6 Å². The normalized spacial score (nSPS) is 11.5. The van der Waals surface area contributed by atoms with Crippen LogP contribution in [0.15, 0.2) is 42.5 Å². The zero-order valence-electron chi connectivity index (χ0n) is 15.1. The van der Waals surface area contributed by atoms with Gasteiger partial charge in [0.05, 0.1) is 11.6 Å². The first-order chi connectivity index (χ1) is 12.5. The van der Waals surface area contributed by atoms with E-state index in [0.717, 1.165) is 17.7 Å². The first-order valence-corrected chi connectivity index (χ1v) is 9.38. The third kappa shape index (κ3) is 5.19. The van der Waals surface area contributed by atoms with Gasteiger partial charge in [-0.2, -0.15) is 0 Å². The Labute approximate surface area is 164 Å². The topological polar surface area (TPSA) is 50.4 Å². The predicted octanol–water partition coefficient (Wildman–Crippen LogP) is 5.38. The smallest absolute Gasteiger partial charge is 0.257 e. The SMILES string of the molecule is CCOc1ccc(C(=O)NC(=S)Nc2ccccc2[C@@H](C)CC)cc1Cl. The standard InChI is InChI=1S/C20H23ClN2O2S/c1-4-13(3)15-8-6-7-9-17(15)22-20(26)23-19(24)14-10-11-18(25-5-2)16(21)12-14/h6-13H,4-5H2,1-3H3,(H2,22,23,24,26)/t13-/m0/s1. The van der Waals surface area contributed by atoms with Crippen molar-refractivity contribution in [3.63, 3.8) is 0 Å². The summed E-state index contributed by atoms with van der Waals surface area (Å²) in [5.74, 6) is 0.615. The number of halogens is 1. The summed E-state index contributed by atoms with van der Waals surface area (Å²) in [5.41, 5.74) is 2.48. The quantitative estimate of drug-likeness (QED) is 0.650. The van der Waals surface area contributed by atoms with Crippen LogP contribution in [-0.2, 0) is 0 Å². The van der Waals surface area contributed by atoms with Gasteiger partial charge in [-0.05, 0) is 61.3 Å². The maximum absolute atomic E-state index is 12.4. The lowest BCUT2D eigenvalue weighted by Gasteiger charge is -2.17. The van der Waals surface area contributed by atoms with Crippen LogP contribution >= 0.6 is 23.8 Å². The molecule has 0 spiro atoms. The minimum absolute atomic E-state index is 0.246. The number of amides is 1. The number of hydrogen-bond donors (Lipinski definition) is 2. The summed E-state index contributed by atoms with van der Waals surface area (Å²) in [6.45, 7) is 6.68. The number of benzene rings is 2. The lowest BCUT2D eigenvalue weighted by atomic mass is 9.97. The van der Waals surface area contributed by atoms with Crippen molar-refractivity contribution in [2.75, 3.05) is 11.9 Å². The lowest BCUT2D eigenvalue weighted by Crippen LogP contribution is -2.34. The van der Waals surface area contributed by atoms with Gasteiger partial charge in [0.25, 0.3) is 5.91 Å². The molecule has 1 atom stereocenters. The maximum Gasteiger partial charge on any atom is 0.257 e. The van der Waals surface area contributed by atoms with Gasteiger partial charge in [0, 0.05) is 11.3 Å². The number of nitrogens with one attached hydrogen (secondary N) is 2. The van der Waals surface area contributed by atoms with Gasteiger partial charge in [0.2, 0.25) is 0 Å². The van der Waals surface area contributed by atoms with Crippen molar-refractivity contribution in [1.82, 2.24) is 5.32 Å². The highest BCUT2D eigenvalue weighted by Gasteiger charge is 2.13. The summed E-state index contributed by atoms with van der Waals surface area (Å²) in [4.78, 5) is 12.4. The number of para-hydroxylation sites is 1. The molecule has 1 amide bonds. The monoisotopic (exact) mass is 390 g/mol. The highest BCUT2D eigenvalue weighted by molar-refractivity contribution is 7.80. The summed E-state index contributed by atoms with van der Waals surface area (Å²) in [6.07, 6.45) is 1.02. The summed E-state index contributed by atoms with van der Waals surface area (Å²) in [5, 5.41) is 6.44. The Bertz CT molecular complexity index is 795. The number of carbonyl (C=O) groups excluding carboxylic acids is 1. The largest absolute Gasteiger partial charge is 0.492 e. The molecular weight excluding hydrogens is 368 g/mol. The molecule has 0 unspecified atom stereocenters. The average molecular weight is 391 g/mol. The molecule has 138 valence electrons. The van der Waals surface area contributed by atoms with E-state index in [9.17, 15) is 4.79 Å². The van der Waals surface area contributed by atoms with Crippen molar-refractivity contribution < 1.29 is 9.53 Å². The summed E-state index contributed by atoms with van der Waals surface area (Å²) >= 11 is 11.4. The number of rotatable bonds is 6. The number of carbonyl (C=O) groups is 1. The van der Waals surface area contributed by atoms with Crippen molar-refractivity contribution in [3.8, 4) is 5.75 Å². The van der Waals surface area contributed by atoms with E-state index in [2.05, 4.69) is 30.5 Å². The Balaban J connectivity index is 2.06. The van der Waals surface area contributed by atoms with Crippen LogP contribution in [-0.4, -0.2) is 17.6 Å². The predicted molar refractivity (Wildman–Crippen MR) is 111 cm³/mol. The Morgan fingerprint density at radius 1 is 1.23 bits per heavy atom. The van der Waals surface area contributed by atoms with Gasteiger partial charge in [0.1, 0.15) is 5.75 Å². The first kappa shape index (κ1) is 20.2. The highest BCUT2D eigenvalue weighted by Crippen LogP contribution is 2.27. The van der Waals surface area contributed by atoms with Crippen molar-refractivity contribution >= 4 is 40.5 Å². The van der Waals surface area contributed by atoms with Gasteiger partial charge in [-0.15, -0.1) is 0 Å². The fraction of sp³-hybridized carbons (Fsp3) is 0.300. The maximum atomic E-state index is 12.4. The van der Waals surface area contributed by atoms with Crippen molar-refractivity contribution in [2.24, 2.45) is 0 Å². The number of ether oxygens (including phenoxy) is 1. The van der Waals surface area contributed by atoms with Gasteiger partial charge in [-0.3, -0.25) is 10.1 Å². The molecule has 0 saturated carbocycles. The van der Waals surface area contributed by atoms with Crippen LogP contribution in [0.3, 0.4) is 0 Å². The molecule has 26 heavy (non-hydrogen) atoms. The van der Waals surface area contributed by atoms with Gasteiger partial charge < -0.3 is 10.1 Å². The van der Waals surface area contributed by atoms with Crippen LogP contribution in [0.25, 0.3) is 0 Å². The molecule has 0 saturated heterocycles. The van der Waals surface area contributed by atoms with E-state index in [0.29, 0.717) is 28.9 Å². The minimum atomic E-state index is -0.325. The molecule has 0 aliphatic rings. The van der Waals surface area contributed by atoms with E-state index in [-0.39, 0.29) is 11.0 Å². The number of thiocarbonyl (C=S) groups is 1. The van der Waals surface area contributed by atoms with Gasteiger partial charge in [-0.25, -0.2) is 0 Å². The van der Waals surface area contributed by atoms with Crippen LogP contribution < -0.4 is 15.4 Å². The van der Waals surface area contributed by atoms with E-state index >= 15 is 0 Å². The first-order valence-electron chi connectivity index (χ1n) is 8.59. The van der Waals surface area contributed by atoms with Crippen LogP contribution in [0.4, 0.5) is 5.69 Å². The summed E-state index contributed by atoms with van der Waals surface area (Å²) in [7, 11) is 0. The molecule has 0 heterocycles. The second kappa shape index (κ2) is 9.55. The summed E-state index contributed by atoms with van der Waals surface area (Å²) in [6, 6.07) is 12.8. The highest BCUT2D eigenvalue weighted by atomic mass is 35.5. The Hall–Kier alpha value is -2.11. The van der Waals surface area contributed by atoms with Crippen molar-refractivity contribution in [3.05, 3.63) is 58.6 Å². The molecular formula is C20H23ClN2O2S. The second-order valence-corrected chi connectivity index (χ2v) is 6.70. The average Bonchev–Trinajstić information content (AvgIpc) is 2.63. The van der Waals surface area contributed by atoms with E-state index in [1.165, 1.54) is 0 Å². The molecule has 2 aromatic rings. The molecule has 0 bridgehead atoms. The lowest BCUT2D eigenvalue weighted by molar-refractivity contribution is 0.0977. The Morgan fingerprint density at radius 2 is 1.96 bits per heavy atom. The fourth-order valence-corrected chi connectivity index (χ4v) is 2.94. The van der Waals surface area contributed by atoms with E-state index in [1.54, 1.807) is 18.2 Å². The molecule has 2 aromatic carbocycles. The minimum Gasteiger partial charge on any atom is -0.492 e. The number of hydrogen-bond acceptors (Lipinski definition) is 3. The molecule has 2 N–H and O–H groups in total. The second-order valence-electron chi connectivity index (χ2n) is 5.88. The van der Waals surface area contributed by atoms with E-state index in [4.69, 9.17) is 28.6 Å². The third-order valence-corrected chi connectivity index (χ3v) is 4.57. The van der Waals surface area contributed by atoms with Gasteiger partial charge >= 0.3 is 0 Å². The third-order valence-electron chi connectivity index (χ3n) is 4.07. The molecule has 0 radical (unpaired) electrons. The molecule has 0 aliphatic carbocycles. The molecule has 0 fully saturated rings. The molecule has 6 heteroatoms. The molecule has 2 rings (SSSR count). The fourth-order valence-electron chi connectivity index (χ4n) is 2.50. The molecule has 4 nitrogen and oxygen atoms in total. The van der Waals surface area contributed by atoms with Crippen LogP contribution in [0, 0.1) is 0 Å².